The molecule has 2 aromatic rings. The summed E-state index contributed by atoms with van der Waals surface area (Å²) in [4.78, 5) is 30.0. The van der Waals surface area contributed by atoms with E-state index in [1.54, 1.807) is 15.5 Å². The van der Waals surface area contributed by atoms with Gasteiger partial charge in [-0.1, -0.05) is 6.07 Å². The maximum Gasteiger partial charge on any atom is 0.328 e. The highest BCUT2D eigenvalue weighted by molar-refractivity contribution is 5.96. The molecule has 0 saturated carbocycles. The summed E-state index contributed by atoms with van der Waals surface area (Å²) in [6.07, 6.45) is 4.97. The zero-order valence-corrected chi connectivity index (χ0v) is 11.2. The molecule has 1 fully saturated rings. The van der Waals surface area contributed by atoms with E-state index in [0.29, 0.717) is 24.3 Å². The largest absolute Gasteiger partial charge is 0.467 e. The van der Waals surface area contributed by atoms with Crippen molar-refractivity contribution in [3.05, 3.63) is 36.3 Å². The van der Waals surface area contributed by atoms with Crippen LogP contribution in [0.25, 0.3) is 5.65 Å². The van der Waals surface area contributed by atoms with Gasteiger partial charge < -0.3 is 14.0 Å². The summed E-state index contributed by atoms with van der Waals surface area (Å²) in [7, 11) is 1.34. The molecule has 104 valence electrons. The van der Waals surface area contributed by atoms with Gasteiger partial charge in [0.05, 0.1) is 7.11 Å². The number of rotatable bonds is 2. The SMILES string of the molecule is COC(=O)C1CCCN1C(=O)c1cn2ccccc2n1. The molecule has 3 rings (SSSR count). The minimum atomic E-state index is -0.489. The molecule has 0 radical (unpaired) electrons. The van der Waals surface area contributed by atoms with Crippen LogP contribution in [0.15, 0.2) is 30.6 Å². The molecule has 6 heteroatoms. The maximum absolute atomic E-state index is 12.5. The van der Waals surface area contributed by atoms with Crippen molar-refractivity contribution in [3.8, 4) is 0 Å². The summed E-state index contributed by atoms with van der Waals surface area (Å²) in [6.45, 7) is 0.562. The van der Waals surface area contributed by atoms with Gasteiger partial charge in [0.15, 0.2) is 0 Å². The standard InChI is InChI=1S/C14H15N3O3/c1-20-14(19)11-5-4-8-17(11)13(18)10-9-16-7-3-2-6-12(16)15-10/h2-3,6-7,9,11H,4-5,8H2,1H3. The van der Waals surface area contributed by atoms with Crippen LogP contribution in [0.3, 0.4) is 0 Å². The smallest absolute Gasteiger partial charge is 0.328 e. The molecule has 3 heterocycles. The number of hydrogen-bond acceptors (Lipinski definition) is 4. The number of aromatic nitrogens is 2. The van der Waals surface area contributed by atoms with Crippen molar-refractivity contribution in [3.63, 3.8) is 0 Å². The third-order valence-electron chi connectivity index (χ3n) is 3.57. The number of carbonyl (C=O) groups excluding carboxylic acids is 2. The van der Waals surface area contributed by atoms with Crippen LogP contribution in [0, 0.1) is 0 Å². The van der Waals surface area contributed by atoms with Crippen LogP contribution >= 0.6 is 0 Å². The molecular weight excluding hydrogens is 258 g/mol. The molecular formula is C14H15N3O3. The Hall–Kier alpha value is -2.37. The van der Waals surface area contributed by atoms with Crippen LogP contribution in [-0.4, -0.2) is 45.9 Å². The fraction of sp³-hybridized carbons (Fsp3) is 0.357. The van der Waals surface area contributed by atoms with Gasteiger partial charge in [0.2, 0.25) is 0 Å². The van der Waals surface area contributed by atoms with E-state index in [0.717, 1.165) is 6.42 Å². The number of fused-ring (bicyclic) bond motifs is 1. The highest BCUT2D eigenvalue weighted by Crippen LogP contribution is 2.21. The van der Waals surface area contributed by atoms with E-state index in [1.165, 1.54) is 7.11 Å². The average Bonchev–Trinajstić information content (AvgIpc) is 3.11. The number of amides is 1. The summed E-state index contributed by atoms with van der Waals surface area (Å²) in [5, 5.41) is 0. The maximum atomic E-state index is 12.5. The number of hydrogen-bond donors (Lipinski definition) is 0. The van der Waals surface area contributed by atoms with Crippen LogP contribution in [0.2, 0.25) is 0 Å². The molecule has 0 bridgehead atoms. The van der Waals surface area contributed by atoms with Crippen molar-refractivity contribution in [2.45, 2.75) is 18.9 Å². The molecule has 1 unspecified atom stereocenters. The molecule has 1 saturated heterocycles. The van der Waals surface area contributed by atoms with E-state index in [1.807, 2.05) is 24.4 Å². The van der Waals surface area contributed by atoms with E-state index in [2.05, 4.69) is 4.98 Å². The van der Waals surface area contributed by atoms with Crippen LogP contribution in [0.4, 0.5) is 0 Å². The fourth-order valence-electron chi connectivity index (χ4n) is 2.58. The van der Waals surface area contributed by atoms with Gasteiger partial charge in [-0.15, -0.1) is 0 Å². The molecule has 0 aliphatic carbocycles. The average molecular weight is 273 g/mol. The van der Waals surface area contributed by atoms with Crippen LogP contribution < -0.4 is 0 Å². The van der Waals surface area contributed by atoms with Crippen molar-refractivity contribution in [2.24, 2.45) is 0 Å². The minimum Gasteiger partial charge on any atom is -0.467 e. The summed E-state index contributed by atoms with van der Waals surface area (Å²) in [5.41, 5.74) is 1.07. The van der Waals surface area contributed by atoms with E-state index in [4.69, 9.17) is 4.74 Å². The van der Waals surface area contributed by atoms with Crippen LogP contribution in [-0.2, 0) is 9.53 Å². The second kappa shape index (κ2) is 4.96. The fourth-order valence-corrected chi connectivity index (χ4v) is 2.58. The molecule has 6 nitrogen and oxygen atoms in total. The number of methoxy groups -OCH3 is 1. The van der Waals surface area contributed by atoms with Gasteiger partial charge in [-0.05, 0) is 25.0 Å². The first-order valence-corrected chi connectivity index (χ1v) is 6.53. The van der Waals surface area contributed by atoms with Crippen molar-refractivity contribution >= 4 is 17.5 Å². The van der Waals surface area contributed by atoms with Gasteiger partial charge in [-0.3, -0.25) is 4.79 Å². The summed E-state index contributed by atoms with van der Waals surface area (Å²) < 4.78 is 6.54. The Morgan fingerprint density at radius 3 is 3.00 bits per heavy atom. The molecule has 2 aromatic heterocycles. The number of nitrogens with zero attached hydrogens (tertiary/aromatic N) is 3. The first-order valence-electron chi connectivity index (χ1n) is 6.53. The van der Waals surface area contributed by atoms with Crippen molar-refractivity contribution < 1.29 is 14.3 Å². The van der Waals surface area contributed by atoms with E-state index in [9.17, 15) is 9.59 Å². The highest BCUT2D eigenvalue weighted by Gasteiger charge is 2.36. The Balaban J connectivity index is 1.89. The van der Waals surface area contributed by atoms with E-state index in [-0.39, 0.29) is 11.9 Å². The third-order valence-corrected chi connectivity index (χ3v) is 3.57. The molecule has 0 aromatic carbocycles. The number of imidazole rings is 1. The normalized spacial score (nSPS) is 18.4. The quantitative estimate of drug-likeness (QED) is 0.769. The molecule has 1 amide bonds. The van der Waals surface area contributed by atoms with Gasteiger partial charge in [0, 0.05) is 18.9 Å². The zero-order valence-electron chi connectivity index (χ0n) is 11.2. The van der Waals surface area contributed by atoms with Gasteiger partial charge in [0.25, 0.3) is 5.91 Å². The Morgan fingerprint density at radius 1 is 1.40 bits per heavy atom. The lowest BCUT2D eigenvalue weighted by atomic mass is 10.2. The number of ether oxygens (including phenoxy) is 1. The lowest BCUT2D eigenvalue weighted by molar-refractivity contribution is -0.145. The predicted octanol–water partition coefficient (Wildman–Crippen LogP) is 1.11. The molecule has 1 aliphatic heterocycles. The molecule has 0 N–H and O–H groups in total. The van der Waals surface area contributed by atoms with Gasteiger partial charge in [0.1, 0.15) is 17.4 Å². The first kappa shape index (κ1) is 12.7. The number of esters is 1. The summed E-state index contributed by atoms with van der Waals surface area (Å²) >= 11 is 0. The van der Waals surface area contributed by atoms with Crippen molar-refractivity contribution in [2.75, 3.05) is 13.7 Å². The Bertz CT molecular complexity index is 631. The second-order valence-electron chi connectivity index (χ2n) is 4.77. The first-order chi connectivity index (χ1) is 9.70. The highest BCUT2D eigenvalue weighted by atomic mass is 16.5. The van der Waals surface area contributed by atoms with Gasteiger partial charge in [-0.2, -0.15) is 0 Å². The third kappa shape index (κ3) is 2.03. The second-order valence-corrected chi connectivity index (χ2v) is 4.77. The number of pyridine rings is 1. The monoisotopic (exact) mass is 273 g/mol. The van der Waals surface area contributed by atoms with E-state index >= 15 is 0 Å². The summed E-state index contributed by atoms with van der Waals surface area (Å²) in [5.74, 6) is -0.582. The van der Waals surface area contributed by atoms with Crippen LogP contribution in [0.1, 0.15) is 23.3 Å². The lowest BCUT2D eigenvalue weighted by Gasteiger charge is -2.21. The van der Waals surface area contributed by atoms with Crippen molar-refractivity contribution in [1.82, 2.24) is 14.3 Å². The van der Waals surface area contributed by atoms with Crippen LogP contribution in [0.5, 0.6) is 0 Å². The van der Waals surface area contributed by atoms with Gasteiger partial charge in [-0.25, -0.2) is 9.78 Å². The number of likely N-dealkylation sites (tertiary alicyclic amines) is 1. The summed E-state index contributed by atoms with van der Waals surface area (Å²) in [6, 6.07) is 5.08. The minimum absolute atomic E-state index is 0.221. The lowest BCUT2D eigenvalue weighted by Crippen LogP contribution is -2.41. The Morgan fingerprint density at radius 2 is 2.25 bits per heavy atom. The van der Waals surface area contributed by atoms with Gasteiger partial charge >= 0.3 is 5.97 Å². The van der Waals surface area contributed by atoms with E-state index < -0.39 is 6.04 Å². The Labute approximate surface area is 116 Å². The topological polar surface area (TPSA) is 63.9 Å². The predicted molar refractivity (Wildman–Crippen MR) is 71.3 cm³/mol. The molecule has 1 aliphatic rings. The Kier molecular flexibility index (Phi) is 3.14. The van der Waals surface area contributed by atoms with Crippen molar-refractivity contribution in [1.29, 1.82) is 0 Å². The molecule has 0 spiro atoms. The zero-order chi connectivity index (χ0) is 14.1. The number of carbonyl (C=O) groups is 2. The molecule has 1 atom stereocenters. The molecule has 20 heavy (non-hydrogen) atoms.